The van der Waals surface area contributed by atoms with Crippen LogP contribution in [0.1, 0.15) is 110 Å². The molecule has 0 unspecified atom stereocenters. The van der Waals surface area contributed by atoms with Crippen LogP contribution in [0.15, 0.2) is 0 Å². The highest BCUT2D eigenvalue weighted by atomic mass is 16.5. The van der Waals surface area contributed by atoms with Crippen LogP contribution in [0.5, 0.6) is 0 Å². The molecular formula is C26H55NO3. The second-order valence-corrected chi connectivity index (χ2v) is 8.94. The molecule has 0 aliphatic rings. The van der Waals surface area contributed by atoms with Crippen LogP contribution in [-0.2, 0) is 14.2 Å². The van der Waals surface area contributed by atoms with Gasteiger partial charge >= 0.3 is 0 Å². The molecule has 0 aliphatic carbocycles. The van der Waals surface area contributed by atoms with E-state index >= 15 is 0 Å². The van der Waals surface area contributed by atoms with E-state index in [2.05, 4.69) is 25.9 Å². The molecule has 4 nitrogen and oxygen atoms in total. The summed E-state index contributed by atoms with van der Waals surface area (Å²) >= 11 is 0. The molecule has 0 amide bonds. The average molecular weight is 430 g/mol. The summed E-state index contributed by atoms with van der Waals surface area (Å²) in [6.45, 7) is 7.62. The lowest BCUT2D eigenvalue weighted by Gasteiger charge is -2.10. The maximum Gasteiger partial charge on any atom is 0.0701 e. The summed E-state index contributed by atoms with van der Waals surface area (Å²) in [6.07, 6.45) is 22.5. The molecule has 182 valence electrons. The summed E-state index contributed by atoms with van der Waals surface area (Å²) in [5.74, 6) is 0. The largest absolute Gasteiger partial charge is 0.379 e. The van der Waals surface area contributed by atoms with Crippen molar-refractivity contribution < 1.29 is 14.2 Å². The Hall–Kier alpha value is -0.160. The van der Waals surface area contributed by atoms with Crippen molar-refractivity contribution >= 4 is 0 Å². The van der Waals surface area contributed by atoms with Crippen molar-refractivity contribution in [2.45, 2.75) is 110 Å². The molecule has 0 fully saturated rings. The lowest BCUT2D eigenvalue weighted by molar-refractivity contribution is 0.0117. The quantitative estimate of drug-likeness (QED) is 0.141. The second-order valence-electron chi connectivity index (χ2n) is 8.94. The van der Waals surface area contributed by atoms with Crippen LogP contribution >= 0.6 is 0 Å². The van der Waals surface area contributed by atoms with Crippen LogP contribution in [0.4, 0.5) is 0 Å². The molecule has 0 saturated heterocycles. The lowest BCUT2D eigenvalue weighted by atomic mass is 10.0. The molecule has 0 aromatic carbocycles. The molecule has 0 spiro atoms. The van der Waals surface area contributed by atoms with Crippen molar-refractivity contribution in [3.05, 3.63) is 0 Å². The Morgan fingerprint density at radius 1 is 0.400 bits per heavy atom. The predicted octanol–water partition coefficient (Wildman–Crippen LogP) is 6.86. The third kappa shape index (κ3) is 27.8. The highest BCUT2D eigenvalue weighted by molar-refractivity contribution is 4.50. The van der Waals surface area contributed by atoms with Crippen LogP contribution in [0.3, 0.4) is 0 Å². The average Bonchev–Trinajstić information content (AvgIpc) is 2.73. The first-order chi connectivity index (χ1) is 14.8. The summed E-state index contributed by atoms with van der Waals surface area (Å²) < 4.78 is 16.6. The molecule has 0 aromatic heterocycles. The maximum atomic E-state index is 5.64. The van der Waals surface area contributed by atoms with Gasteiger partial charge in [-0.3, -0.25) is 0 Å². The molecular weight excluding hydrogens is 374 g/mol. The fourth-order valence-electron chi connectivity index (χ4n) is 3.54. The Morgan fingerprint density at radius 2 is 0.733 bits per heavy atom. The second kappa shape index (κ2) is 26.9. The predicted molar refractivity (Wildman–Crippen MR) is 131 cm³/mol. The topological polar surface area (TPSA) is 30.9 Å². The molecule has 0 saturated carbocycles. The molecule has 0 aliphatic heterocycles. The number of rotatable bonds is 26. The smallest absolute Gasteiger partial charge is 0.0701 e. The highest BCUT2D eigenvalue weighted by Crippen LogP contribution is 2.13. The van der Waals surface area contributed by atoms with Gasteiger partial charge in [0.25, 0.3) is 0 Å². The van der Waals surface area contributed by atoms with E-state index in [0.29, 0.717) is 26.4 Å². The molecule has 0 heterocycles. The molecule has 0 radical (unpaired) electrons. The van der Waals surface area contributed by atoms with Gasteiger partial charge in [-0.25, -0.2) is 0 Å². The molecule has 0 rings (SSSR count). The van der Waals surface area contributed by atoms with Gasteiger partial charge in [0.2, 0.25) is 0 Å². The Bertz CT molecular complexity index is 300. The monoisotopic (exact) mass is 429 g/mol. The number of likely N-dealkylation sites (N-methyl/N-ethyl adjacent to an activating group) is 1. The van der Waals surface area contributed by atoms with E-state index in [1.54, 1.807) is 0 Å². The van der Waals surface area contributed by atoms with Crippen molar-refractivity contribution in [2.75, 3.05) is 60.3 Å². The minimum atomic E-state index is 0.663. The van der Waals surface area contributed by atoms with Crippen molar-refractivity contribution in [1.82, 2.24) is 4.90 Å². The van der Waals surface area contributed by atoms with Gasteiger partial charge < -0.3 is 19.1 Å². The van der Waals surface area contributed by atoms with E-state index in [1.807, 2.05) is 0 Å². The van der Waals surface area contributed by atoms with E-state index in [-0.39, 0.29) is 0 Å². The van der Waals surface area contributed by atoms with Gasteiger partial charge in [0.1, 0.15) is 0 Å². The standard InChI is InChI=1S/C26H55NO3/c1-4-5-6-7-8-9-10-11-12-13-14-15-16-17-18-19-21-28-23-25-30-26-24-29-22-20-27(2)3/h4-26H2,1-3H3. The SMILES string of the molecule is CCCCCCCCCCCCCCCCCCOCCOCCOCCN(C)C. The van der Waals surface area contributed by atoms with E-state index < -0.39 is 0 Å². The van der Waals surface area contributed by atoms with Crippen molar-refractivity contribution in [1.29, 1.82) is 0 Å². The number of ether oxygens (including phenoxy) is 3. The Kier molecular flexibility index (Phi) is 26.7. The molecule has 0 bridgehead atoms. The summed E-state index contributed by atoms with van der Waals surface area (Å²) in [5, 5.41) is 0. The first-order valence-electron chi connectivity index (χ1n) is 13.1. The molecule has 0 aromatic rings. The van der Waals surface area contributed by atoms with Crippen LogP contribution in [0.2, 0.25) is 0 Å². The van der Waals surface area contributed by atoms with Gasteiger partial charge in [0, 0.05) is 13.2 Å². The van der Waals surface area contributed by atoms with Crippen LogP contribution in [0.25, 0.3) is 0 Å². The first-order valence-corrected chi connectivity index (χ1v) is 13.1. The Morgan fingerprint density at radius 3 is 1.13 bits per heavy atom. The third-order valence-corrected chi connectivity index (χ3v) is 5.57. The number of hydrogen-bond acceptors (Lipinski definition) is 4. The highest BCUT2D eigenvalue weighted by Gasteiger charge is 1.96. The third-order valence-electron chi connectivity index (χ3n) is 5.57. The van der Waals surface area contributed by atoms with Gasteiger partial charge in [0.15, 0.2) is 0 Å². The summed E-state index contributed by atoms with van der Waals surface area (Å²) in [7, 11) is 4.10. The molecule has 0 N–H and O–H groups in total. The minimum absolute atomic E-state index is 0.663. The van der Waals surface area contributed by atoms with Crippen molar-refractivity contribution in [3.8, 4) is 0 Å². The Balaban J connectivity index is 2.99. The van der Waals surface area contributed by atoms with Crippen LogP contribution < -0.4 is 0 Å². The fourth-order valence-corrected chi connectivity index (χ4v) is 3.54. The molecule has 0 atom stereocenters. The zero-order valence-electron chi connectivity index (χ0n) is 20.9. The zero-order chi connectivity index (χ0) is 22.0. The van der Waals surface area contributed by atoms with E-state index in [4.69, 9.17) is 14.2 Å². The lowest BCUT2D eigenvalue weighted by Crippen LogP contribution is -2.19. The van der Waals surface area contributed by atoms with Gasteiger partial charge in [-0.15, -0.1) is 0 Å². The van der Waals surface area contributed by atoms with Crippen molar-refractivity contribution in [2.24, 2.45) is 0 Å². The number of nitrogens with zero attached hydrogens (tertiary/aromatic N) is 1. The summed E-state index contributed by atoms with van der Waals surface area (Å²) in [6, 6.07) is 0. The Labute approximate surface area is 189 Å². The van der Waals surface area contributed by atoms with E-state index in [0.717, 1.165) is 19.8 Å². The summed E-state index contributed by atoms with van der Waals surface area (Å²) in [4.78, 5) is 2.12. The number of hydrogen-bond donors (Lipinski definition) is 0. The van der Waals surface area contributed by atoms with Gasteiger partial charge in [-0.2, -0.15) is 0 Å². The summed E-state index contributed by atoms with van der Waals surface area (Å²) in [5.41, 5.74) is 0. The van der Waals surface area contributed by atoms with Gasteiger partial charge in [0.05, 0.1) is 33.0 Å². The van der Waals surface area contributed by atoms with Gasteiger partial charge in [-0.05, 0) is 20.5 Å². The molecule has 4 heteroatoms. The molecule has 30 heavy (non-hydrogen) atoms. The minimum Gasteiger partial charge on any atom is -0.379 e. The van der Waals surface area contributed by atoms with Crippen molar-refractivity contribution in [3.63, 3.8) is 0 Å². The first kappa shape index (κ1) is 29.8. The fraction of sp³-hybridized carbons (Fsp3) is 1.00. The maximum absolute atomic E-state index is 5.64. The van der Waals surface area contributed by atoms with Gasteiger partial charge in [-0.1, -0.05) is 103 Å². The van der Waals surface area contributed by atoms with Crippen LogP contribution in [-0.4, -0.2) is 65.2 Å². The van der Waals surface area contributed by atoms with Crippen LogP contribution in [0, 0.1) is 0 Å². The number of unbranched alkanes of at least 4 members (excludes halogenated alkanes) is 15. The normalized spacial score (nSPS) is 11.6. The zero-order valence-corrected chi connectivity index (χ0v) is 20.9. The van der Waals surface area contributed by atoms with E-state index in [1.165, 1.54) is 103 Å². The van der Waals surface area contributed by atoms with E-state index in [9.17, 15) is 0 Å².